The van der Waals surface area contributed by atoms with E-state index < -0.39 is 0 Å². The summed E-state index contributed by atoms with van der Waals surface area (Å²) in [5.41, 5.74) is 7.91. The molecule has 0 aliphatic heterocycles. The van der Waals surface area contributed by atoms with Crippen molar-refractivity contribution in [3.63, 3.8) is 0 Å². The number of hydrogen-bond acceptors (Lipinski definition) is 3. The maximum atomic E-state index is 2.52. The molecule has 0 fully saturated rings. The first-order valence-electron chi connectivity index (χ1n) is 15.5. The Morgan fingerprint density at radius 3 is 1.68 bits per heavy atom. The molecule has 0 saturated heterocycles. The lowest BCUT2D eigenvalue weighted by Gasteiger charge is -2.25. The highest BCUT2D eigenvalue weighted by Crippen LogP contribution is 2.43. The maximum Gasteiger partial charge on any atom is 0.0474 e. The summed E-state index contributed by atoms with van der Waals surface area (Å²) in [6, 6.07) is 35.5. The Labute approximate surface area is 255 Å². The van der Waals surface area contributed by atoms with E-state index >= 15 is 0 Å². The predicted molar refractivity (Wildman–Crippen MR) is 183 cm³/mol. The molecular formula is C38H43NS2. The molecule has 0 atom stereocenters. The fourth-order valence-electron chi connectivity index (χ4n) is 5.57. The molecule has 2 heterocycles. The predicted octanol–water partition coefficient (Wildman–Crippen LogP) is 12.9. The number of hydrogen-bond donors (Lipinski definition) is 0. The SMILES string of the molecule is CCCCCCc1cc(-c2sccc2CCCCCC)sc1-c1ccc(N(c2ccccc2)c2ccccc2)cc1. The highest BCUT2D eigenvalue weighted by molar-refractivity contribution is 7.23. The third kappa shape index (κ3) is 7.58. The van der Waals surface area contributed by atoms with Gasteiger partial charge in [0.1, 0.15) is 0 Å². The van der Waals surface area contributed by atoms with Crippen LogP contribution < -0.4 is 4.90 Å². The van der Waals surface area contributed by atoms with Crippen LogP contribution in [0, 0.1) is 0 Å². The molecule has 5 rings (SSSR count). The number of benzene rings is 3. The Morgan fingerprint density at radius 2 is 1.10 bits per heavy atom. The second-order valence-corrected chi connectivity index (χ2v) is 12.9. The zero-order valence-electron chi connectivity index (χ0n) is 24.6. The van der Waals surface area contributed by atoms with E-state index in [1.54, 1.807) is 0 Å². The molecule has 5 aromatic rings. The van der Waals surface area contributed by atoms with E-state index in [0.717, 1.165) is 6.42 Å². The van der Waals surface area contributed by atoms with E-state index in [1.807, 2.05) is 22.7 Å². The van der Waals surface area contributed by atoms with E-state index in [4.69, 9.17) is 0 Å². The van der Waals surface area contributed by atoms with Gasteiger partial charge in [-0.05, 0) is 96.3 Å². The third-order valence-corrected chi connectivity index (χ3v) is 10.2. The van der Waals surface area contributed by atoms with Gasteiger partial charge in [-0.15, -0.1) is 22.7 Å². The van der Waals surface area contributed by atoms with Gasteiger partial charge in [-0.3, -0.25) is 0 Å². The first-order chi connectivity index (χ1) is 20.3. The van der Waals surface area contributed by atoms with Crippen LogP contribution in [0.5, 0.6) is 0 Å². The highest BCUT2D eigenvalue weighted by atomic mass is 32.1. The average molecular weight is 578 g/mol. The van der Waals surface area contributed by atoms with Crippen LogP contribution in [0.4, 0.5) is 17.1 Å². The molecule has 0 N–H and O–H groups in total. The smallest absolute Gasteiger partial charge is 0.0474 e. The molecule has 41 heavy (non-hydrogen) atoms. The monoisotopic (exact) mass is 577 g/mol. The molecule has 3 heteroatoms. The van der Waals surface area contributed by atoms with Crippen molar-refractivity contribution in [2.45, 2.75) is 78.1 Å². The van der Waals surface area contributed by atoms with Crippen molar-refractivity contribution >= 4 is 39.7 Å². The standard InChI is InChI=1S/C38H43NS2/c1-3-5-7-11-17-30-27-28-40-38(30)36-29-32(18-12-8-6-4-2)37(41-36)31-23-25-35(26-24-31)39(33-19-13-9-14-20-33)34-21-15-10-16-22-34/h9-10,13-16,19-29H,3-8,11-12,17-18H2,1-2H3. The van der Waals surface area contributed by atoms with Crippen LogP contribution in [0.2, 0.25) is 0 Å². The third-order valence-electron chi connectivity index (χ3n) is 7.80. The van der Waals surface area contributed by atoms with Crippen molar-refractivity contribution in [3.8, 4) is 20.2 Å². The number of para-hydroxylation sites is 2. The minimum Gasteiger partial charge on any atom is -0.311 e. The van der Waals surface area contributed by atoms with Gasteiger partial charge < -0.3 is 4.90 Å². The van der Waals surface area contributed by atoms with Crippen molar-refractivity contribution in [1.29, 1.82) is 0 Å². The Morgan fingerprint density at radius 1 is 0.537 bits per heavy atom. The number of rotatable bonds is 15. The quantitative estimate of drug-likeness (QED) is 0.112. The first-order valence-corrected chi connectivity index (χ1v) is 17.2. The van der Waals surface area contributed by atoms with Crippen molar-refractivity contribution in [2.75, 3.05) is 4.90 Å². The molecule has 3 aromatic carbocycles. The molecular weight excluding hydrogens is 535 g/mol. The van der Waals surface area contributed by atoms with Gasteiger partial charge in [0.05, 0.1) is 0 Å². The van der Waals surface area contributed by atoms with Crippen LogP contribution in [-0.2, 0) is 12.8 Å². The molecule has 0 radical (unpaired) electrons. The topological polar surface area (TPSA) is 3.24 Å². The Hall–Kier alpha value is -3.14. The lowest BCUT2D eigenvalue weighted by Crippen LogP contribution is -2.09. The van der Waals surface area contributed by atoms with Gasteiger partial charge in [-0.1, -0.05) is 101 Å². The number of anilines is 3. The minimum atomic E-state index is 1.16. The van der Waals surface area contributed by atoms with Gasteiger partial charge >= 0.3 is 0 Å². The summed E-state index contributed by atoms with van der Waals surface area (Å²) >= 11 is 3.92. The first kappa shape index (κ1) is 29.4. The van der Waals surface area contributed by atoms with Gasteiger partial charge in [0, 0.05) is 31.7 Å². The van der Waals surface area contributed by atoms with Crippen molar-refractivity contribution in [1.82, 2.24) is 0 Å². The van der Waals surface area contributed by atoms with Crippen molar-refractivity contribution in [3.05, 3.63) is 114 Å². The van der Waals surface area contributed by atoms with E-state index in [1.165, 1.54) is 106 Å². The highest BCUT2D eigenvalue weighted by Gasteiger charge is 2.17. The molecule has 2 aromatic heterocycles. The van der Waals surface area contributed by atoms with Crippen LogP contribution in [0.25, 0.3) is 20.2 Å². The van der Waals surface area contributed by atoms with Crippen molar-refractivity contribution < 1.29 is 0 Å². The Kier molecular flexibility index (Phi) is 10.9. The number of aryl methyl sites for hydroxylation is 2. The summed E-state index contributed by atoms with van der Waals surface area (Å²) in [5.74, 6) is 0. The average Bonchev–Trinajstić information content (AvgIpc) is 3.66. The van der Waals surface area contributed by atoms with Gasteiger partial charge in [0.15, 0.2) is 0 Å². The Balaban J connectivity index is 1.45. The van der Waals surface area contributed by atoms with E-state index in [2.05, 4.69) is 121 Å². The molecule has 212 valence electrons. The van der Waals surface area contributed by atoms with Gasteiger partial charge in [-0.25, -0.2) is 0 Å². The number of thiophene rings is 2. The van der Waals surface area contributed by atoms with Crippen LogP contribution in [0.15, 0.2) is 102 Å². The molecule has 0 spiro atoms. The molecule has 0 unspecified atom stereocenters. The van der Waals surface area contributed by atoms with Crippen LogP contribution in [-0.4, -0.2) is 0 Å². The van der Waals surface area contributed by atoms with Crippen LogP contribution in [0.3, 0.4) is 0 Å². The van der Waals surface area contributed by atoms with E-state index in [0.29, 0.717) is 0 Å². The molecule has 0 saturated carbocycles. The maximum absolute atomic E-state index is 2.52. The molecule has 0 bridgehead atoms. The zero-order valence-corrected chi connectivity index (χ0v) is 26.3. The second-order valence-electron chi connectivity index (χ2n) is 10.9. The molecule has 0 amide bonds. The summed E-state index contributed by atoms with van der Waals surface area (Å²) in [6.07, 6.45) is 12.8. The molecule has 0 aliphatic rings. The fourth-order valence-corrected chi connectivity index (χ4v) is 7.89. The number of unbranched alkanes of at least 4 members (excludes halogenated alkanes) is 6. The largest absolute Gasteiger partial charge is 0.311 e. The lowest BCUT2D eigenvalue weighted by molar-refractivity contribution is 0.667. The summed E-state index contributed by atoms with van der Waals surface area (Å²) in [5, 5.41) is 2.29. The Bertz CT molecular complexity index is 1410. The summed E-state index contributed by atoms with van der Waals surface area (Å²) in [7, 11) is 0. The number of nitrogens with zero attached hydrogens (tertiary/aromatic N) is 1. The van der Waals surface area contributed by atoms with Crippen LogP contribution in [0.1, 0.15) is 76.3 Å². The van der Waals surface area contributed by atoms with E-state index in [9.17, 15) is 0 Å². The van der Waals surface area contributed by atoms with Crippen LogP contribution >= 0.6 is 22.7 Å². The molecule has 1 nitrogen and oxygen atoms in total. The van der Waals surface area contributed by atoms with Crippen molar-refractivity contribution in [2.24, 2.45) is 0 Å². The minimum absolute atomic E-state index is 1.16. The van der Waals surface area contributed by atoms with Gasteiger partial charge in [0.2, 0.25) is 0 Å². The summed E-state index contributed by atoms with van der Waals surface area (Å²) < 4.78 is 0. The van der Waals surface area contributed by atoms with Gasteiger partial charge in [0.25, 0.3) is 0 Å². The lowest BCUT2D eigenvalue weighted by atomic mass is 10.0. The second kappa shape index (κ2) is 15.2. The fraction of sp³-hybridized carbons (Fsp3) is 0.316. The summed E-state index contributed by atoms with van der Waals surface area (Å²) in [6.45, 7) is 4.58. The van der Waals surface area contributed by atoms with Gasteiger partial charge in [-0.2, -0.15) is 0 Å². The zero-order chi connectivity index (χ0) is 28.3. The summed E-state index contributed by atoms with van der Waals surface area (Å²) in [4.78, 5) is 6.72. The normalized spacial score (nSPS) is 11.2. The van der Waals surface area contributed by atoms with E-state index in [-0.39, 0.29) is 0 Å². The molecule has 0 aliphatic carbocycles.